The maximum absolute atomic E-state index is 12.3. The quantitative estimate of drug-likeness (QED) is 0.752. The van der Waals surface area contributed by atoms with Gasteiger partial charge in [-0.2, -0.15) is 0 Å². The predicted octanol–water partition coefficient (Wildman–Crippen LogP) is 4.52. The van der Waals surface area contributed by atoms with Crippen molar-refractivity contribution in [2.24, 2.45) is 0 Å². The maximum atomic E-state index is 12.3. The molecule has 5 heteroatoms. The van der Waals surface area contributed by atoms with Gasteiger partial charge in [0.1, 0.15) is 0 Å². The van der Waals surface area contributed by atoms with E-state index in [4.69, 9.17) is 4.42 Å². The van der Waals surface area contributed by atoms with Crippen molar-refractivity contribution < 1.29 is 9.21 Å². The van der Waals surface area contributed by atoms with E-state index in [0.717, 1.165) is 5.56 Å². The van der Waals surface area contributed by atoms with Crippen molar-refractivity contribution >= 4 is 11.9 Å². The summed E-state index contributed by atoms with van der Waals surface area (Å²) in [6.07, 6.45) is 0.531. The Bertz CT molecular complexity index is 888. The summed E-state index contributed by atoms with van der Waals surface area (Å²) in [4.78, 5) is 12.3. The van der Waals surface area contributed by atoms with Gasteiger partial charge in [0.15, 0.2) is 0 Å². The normalized spacial score (nSPS) is 11.4. The number of rotatable bonds is 4. The van der Waals surface area contributed by atoms with Crippen LogP contribution in [0.25, 0.3) is 0 Å². The summed E-state index contributed by atoms with van der Waals surface area (Å²) in [5.74, 6) is 0.197. The Hall–Kier alpha value is -2.95. The molecule has 1 amide bonds. The molecule has 1 aromatic heterocycles. The van der Waals surface area contributed by atoms with Crippen LogP contribution in [0.1, 0.15) is 53.7 Å². The van der Waals surface area contributed by atoms with Gasteiger partial charge in [0.05, 0.1) is 6.42 Å². The first-order valence-electron chi connectivity index (χ1n) is 8.61. The SMILES string of the molecule is Cc1ccc(Cc2nnc(NC(=O)c3ccc(C(C)(C)C)cc3)o2)cc1. The second-order valence-electron chi connectivity index (χ2n) is 7.44. The van der Waals surface area contributed by atoms with E-state index in [9.17, 15) is 4.79 Å². The van der Waals surface area contributed by atoms with Crippen molar-refractivity contribution in [3.63, 3.8) is 0 Å². The van der Waals surface area contributed by atoms with Crippen LogP contribution in [0.5, 0.6) is 0 Å². The molecule has 0 unspecified atom stereocenters. The number of aryl methyl sites for hydroxylation is 1. The summed E-state index contributed by atoms with van der Waals surface area (Å²) in [5.41, 5.74) is 4.05. The summed E-state index contributed by atoms with van der Waals surface area (Å²) < 4.78 is 5.53. The Morgan fingerprint density at radius 1 is 1.00 bits per heavy atom. The zero-order valence-corrected chi connectivity index (χ0v) is 15.5. The highest BCUT2D eigenvalue weighted by Crippen LogP contribution is 2.22. The number of anilines is 1. The molecule has 26 heavy (non-hydrogen) atoms. The average Bonchev–Trinajstić information content (AvgIpc) is 3.03. The largest absolute Gasteiger partial charge is 0.407 e. The fourth-order valence-corrected chi connectivity index (χ4v) is 2.55. The minimum absolute atomic E-state index is 0.0480. The first kappa shape index (κ1) is 17.9. The minimum atomic E-state index is -0.268. The van der Waals surface area contributed by atoms with Crippen LogP contribution >= 0.6 is 0 Å². The van der Waals surface area contributed by atoms with E-state index in [1.165, 1.54) is 11.1 Å². The van der Waals surface area contributed by atoms with Gasteiger partial charge < -0.3 is 4.42 Å². The number of amides is 1. The standard InChI is InChI=1S/C21H23N3O2/c1-14-5-7-15(8-6-14)13-18-23-24-20(26-18)22-19(25)16-9-11-17(12-10-16)21(2,3)4/h5-12H,13H2,1-4H3,(H,22,24,25). The summed E-state index contributed by atoms with van der Waals surface area (Å²) in [6.45, 7) is 8.44. The first-order valence-corrected chi connectivity index (χ1v) is 8.61. The van der Waals surface area contributed by atoms with Gasteiger partial charge in [-0.25, -0.2) is 0 Å². The molecule has 0 spiro atoms. The molecule has 0 bridgehead atoms. The number of nitrogens with one attached hydrogen (secondary N) is 1. The molecule has 2 aromatic carbocycles. The molecule has 5 nitrogen and oxygen atoms in total. The molecule has 0 atom stereocenters. The number of hydrogen-bond acceptors (Lipinski definition) is 4. The first-order chi connectivity index (χ1) is 12.3. The van der Waals surface area contributed by atoms with Crippen molar-refractivity contribution in [2.45, 2.75) is 39.5 Å². The van der Waals surface area contributed by atoms with Crippen LogP contribution < -0.4 is 5.32 Å². The Kier molecular flexibility index (Phi) is 4.89. The topological polar surface area (TPSA) is 68.0 Å². The number of nitrogens with zero attached hydrogens (tertiary/aromatic N) is 2. The van der Waals surface area contributed by atoms with Crippen LogP contribution in [0.15, 0.2) is 52.9 Å². The maximum Gasteiger partial charge on any atom is 0.322 e. The number of aromatic nitrogens is 2. The Balaban J connectivity index is 1.65. The smallest absolute Gasteiger partial charge is 0.322 e. The van der Waals surface area contributed by atoms with Gasteiger partial charge in [-0.3, -0.25) is 10.1 Å². The Labute approximate surface area is 153 Å². The molecule has 0 aliphatic rings. The molecule has 0 radical (unpaired) electrons. The average molecular weight is 349 g/mol. The van der Waals surface area contributed by atoms with Gasteiger partial charge in [0.25, 0.3) is 5.91 Å². The van der Waals surface area contributed by atoms with Crippen LogP contribution in [0.3, 0.4) is 0 Å². The number of benzene rings is 2. The highest BCUT2D eigenvalue weighted by molar-refractivity contribution is 6.03. The van der Waals surface area contributed by atoms with Crippen molar-refractivity contribution in [3.8, 4) is 0 Å². The number of hydrogen-bond donors (Lipinski definition) is 1. The molecule has 1 heterocycles. The Morgan fingerprint density at radius 3 is 2.27 bits per heavy atom. The van der Waals surface area contributed by atoms with Crippen LogP contribution in [0, 0.1) is 6.92 Å². The third-order valence-electron chi connectivity index (χ3n) is 4.18. The van der Waals surface area contributed by atoms with Gasteiger partial charge >= 0.3 is 6.01 Å². The predicted molar refractivity (Wildman–Crippen MR) is 101 cm³/mol. The fraction of sp³-hybridized carbons (Fsp3) is 0.286. The molecule has 134 valence electrons. The number of carbonyl (C=O) groups excluding carboxylic acids is 1. The molecule has 0 aliphatic heterocycles. The highest BCUT2D eigenvalue weighted by Gasteiger charge is 2.15. The third kappa shape index (κ3) is 4.36. The Morgan fingerprint density at radius 2 is 1.65 bits per heavy atom. The van der Waals surface area contributed by atoms with Crippen LogP contribution in [-0.4, -0.2) is 16.1 Å². The molecule has 0 fully saturated rings. The lowest BCUT2D eigenvalue weighted by atomic mass is 9.87. The number of carbonyl (C=O) groups is 1. The van der Waals surface area contributed by atoms with Gasteiger partial charge in [-0.1, -0.05) is 67.8 Å². The van der Waals surface area contributed by atoms with Crippen molar-refractivity contribution in [1.82, 2.24) is 10.2 Å². The van der Waals surface area contributed by atoms with Gasteiger partial charge in [0, 0.05) is 5.56 Å². The molecular weight excluding hydrogens is 326 g/mol. The van der Waals surface area contributed by atoms with Gasteiger partial charge in [-0.15, -0.1) is 5.10 Å². The lowest BCUT2D eigenvalue weighted by Gasteiger charge is -2.18. The summed E-state index contributed by atoms with van der Waals surface area (Å²) in [5, 5.41) is 10.6. The third-order valence-corrected chi connectivity index (χ3v) is 4.18. The van der Waals surface area contributed by atoms with Gasteiger partial charge in [-0.05, 0) is 35.6 Å². The lowest BCUT2D eigenvalue weighted by molar-refractivity contribution is 0.102. The van der Waals surface area contributed by atoms with Crippen LogP contribution in [0.4, 0.5) is 6.01 Å². The van der Waals surface area contributed by atoms with E-state index in [1.54, 1.807) is 12.1 Å². The molecular formula is C21H23N3O2. The zero-order chi connectivity index (χ0) is 18.7. The summed E-state index contributed by atoms with van der Waals surface area (Å²) >= 11 is 0. The molecule has 1 N–H and O–H groups in total. The summed E-state index contributed by atoms with van der Waals surface area (Å²) in [6, 6.07) is 15.8. The zero-order valence-electron chi connectivity index (χ0n) is 15.5. The highest BCUT2D eigenvalue weighted by atomic mass is 16.4. The van der Waals surface area contributed by atoms with E-state index in [2.05, 4.69) is 36.3 Å². The van der Waals surface area contributed by atoms with Crippen molar-refractivity contribution in [1.29, 1.82) is 0 Å². The molecule has 0 saturated heterocycles. The van der Waals surface area contributed by atoms with Gasteiger partial charge in [0.2, 0.25) is 5.89 Å². The van der Waals surface area contributed by atoms with E-state index in [1.807, 2.05) is 43.3 Å². The van der Waals surface area contributed by atoms with E-state index in [-0.39, 0.29) is 17.3 Å². The second-order valence-corrected chi connectivity index (χ2v) is 7.44. The molecule has 3 rings (SSSR count). The minimum Gasteiger partial charge on any atom is -0.407 e. The molecule has 0 aliphatic carbocycles. The summed E-state index contributed by atoms with van der Waals surface area (Å²) in [7, 11) is 0. The van der Waals surface area contributed by atoms with Crippen molar-refractivity contribution in [2.75, 3.05) is 5.32 Å². The molecule has 3 aromatic rings. The lowest BCUT2D eigenvalue weighted by Crippen LogP contribution is -2.14. The second kappa shape index (κ2) is 7.12. The monoisotopic (exact) mass is 349 g/mol. The van der Waals surface area contributed by atoms with E-state index < -0.39 is 0 Å². The molecule has 0 saturated carbocycles. The van der Waals surface area contributed by atoms with Crippen molar-refractivity contribution in [3.05, 3.63) is 76.7 Å². The van der Waals surface area contributed by atoms with Crippen LogP contribution in [-0.2, 0) is 11.8 Å². The fourth-order valence-electron chi connectivity index (χ4n) is 2.55. The van der Waals surface area contributed by atoms with E-state index >= 15 is 0 Å². The van der Waals surface area contributed by atoms with E-state index in [0.29, 0.717) is 17.9 Å². The van der Waals surface area contributed by atoms with Crippen LogP contribution in [0.2, 0.25) is 0 Å².